The molecule has 0 bridgehead atoms. The second kappa shape index (κ2) is 4.13. The molecule has 1 aliphatic heterocycles. The lowest BCUT2D eigenvalue weighted by molar-refractivity contribution is 0.0191. The quantitative estimate of drug-likeness (QED) is 0.452. The van der Waals surface area contributed by atoms with Gasteiger partial charge in [-0.05, 0) is 19.3 Å². The second-order valence-corrected chi connectivity index (χ2v) is 2.48. The first kappa shape index (κ1) is 7.36. The van der Waals surface area contributed by atoms with Crippen molar-refractivity contribution in [2.75, 3.05) is 13.2 Å². The maximum Gasteiger partial charge on any atom is 0.176 e. The summed E-state index contributed by atoms with van der Waals surface area (Å²) < 4.78 is 5.37. The molecule has 1 aliphatic rings. The first-order valence-corrected chi connectivity index (χ1v) is 3.67. The Labute approximate surface area is 61.0 Å². The van der Waals surface area contributed by atoms with E-state index in [1.165, 1.54) is 12.8 Å². The molecule has 0 aromatic heterocycles. The van der Waals surface area contributed by atoms with Gasteiger partial charge in [-0.1, -0.05) is 0 Å². The summed E-state index contributed by atoms with van der Waals surface area (Å²) in [6, 6.07) is 0. The first-order valence-electron chi connectivity index (χ1n) is 3.67. The van der Waals surface area contributed by atoms with Crippen LogP contribution in [-0.2, 0) is 4.74 Å². The highest BCUT2D eigenvalue weighted by Gasteiger charge is 2.12. The van der Waals surface area contributed by atoms with Gasteiger partial charge in [0.1, 0.15) is 0 Å². The van der Waals surface area contributed by atoms with Crippen molar-refractivity contribution < 1.29 is 4.74 Å². The summed E-state index contributed by atoms with van der Waals surface area (Å²) in [5.74, 6) is 0. The van der Waals surface area contributed by atoms with Gasteiger partial charge < -0.3 is 10.1 Å². The fraction of sp³-hybridized carbons (Fsp3) is 0.857. The van der Waals surface area contributed by atoms with E-state index >= 15 is 0 Å². The average molecular weight is 140 g/mol. The molecule has 1 fully saturated rings. The molecule has 3 heteroatoms. The largest absolute Gasteiger partial charge is 0.376 e. The summed E-state index contributed by atoms with van der Waals surface area (Å²) in [5.41, 5.74) is 0. The molecular formula is C7H12N2O. The van der Waals surface area contributed by atoms with Crippen molar-refractivity contribution in [2.45, 2.75) is 25.4 Å². The Bertz CT molecular complexity index is 124. The van der Waals surface area contributed by atoms with Crippen molar-refractivity contribution in [3.63, 3.8) is 0 Å². The lowest BCUT2D eigenvalue weighted by Gasteiger charge is -2.21. The summed E-state index contributed by atoms with van der Waals surface area (Å²) in [4.78, 5) is 0. The molecule has 10 heavy (non-hydrogen) atoms. The number of nitriles is 1. The summed E-state index contributed by atoms with van der Waals surface area (Å²) in [7, 11) is 0. The van der Waals surface area contributed by atoms with Crippen LogP contribution in [0.15, 0.2) is 0 Å². The van der Waals surface area contributed by atoms with Crippen LogP contribution in [0, 0.1) is 11.5 Å². The van der Waals surface area contributed by atoms with E-state index in [1.54, 1.807) is 0 Å². The van der Waals surface area contributed by atoms with Gasteiger partial charge in [0, 0.05) is 6.61 Å². The lowest BCUT2D eigenvalue weighted by Crippen LogP contribution is -2.29. The number of hydrogen-bond acceptors (Lipinski definition) is 3. The number of hydrogen-bond donors (Lipinski definition) is 1. The van der Waals surface area contributed by atoms with Crippen LogP contribution in [0.3, 0.4) is 0 Å². The summed E-state index contributed by atoms with van der Waals surface area (Å²) in [6.45, 7) is 1.54. The Balaban J connectivity index is 2.09. The molecule has 0 aromatic carbocycles. The molecule has 0 saturated carbocycles. The predicted molar refractivity (Wildman–Crippen MR) is 37.2 cm³/mol. The van der Waals surface area contributed by atoms with Gasteiger partial charge in [0.15, 0.2) is 6.19 Å². The Kier molecular flexibility index (Phi) is 3.04. The monoisotopic (exact) mass is 140 g/mol. The first-order chi connectivity index (χ1) is 4.93. The number of ether oxygens (including phenoxy) is 1. The maximum absolute atomic E-state index is 8.18. The number of nitrogens with one attached hydrogen (secondary N) is 1. The molecule has 56 valence electrons. The molecule has 0 unspecified atom stereocenters. The van der Waals surface area contributed by atoms with Gasteiger partial charge in [0.05, 0.1) is 12.6 Å². The van der Waals surface area contributed by atoms with Crippen molar-refractivity contribution >= 4 is 0 Å². The molecule has 1 atom stereocenters. The molecule has 0 radical (unpaired) electrons. The van der Waals surface area contributed by atoms with Gasteiger partial charge in [0.2, 0.25) is 0 Å². The maximum atomic E-state index is 8.18. The van der Waals surface area contributed by atoms with E-state index in [0.717, 1.165) is 13.0 Å². The lowest BCUT2D eigenvalue weighted by atomic mass is 10.1. The van der Waals surface area contributed by atoms with Crippen molar-refractivity contribution in [2.24, 2.45) is 0 Å². The number of nitrogens with zero attached hydrogens (tertiary/aromatic N) is 1. The molecule has 3 nitrogen and oxygen atoms in total. The zero-order valence-electron chi connectivity index (χ0n) is 5.97. The van der Waals surface area contributed by atoms with Crippen molar-refractivity contribution in [3.8, 4) is 6.19 Å². The predicted octanol–water partition coefficient (Wildman–Crippen LogP) is 0.626. The molecule has 0 aliphatic carbocycles. The fourth-order valence-electron chi connectivity index (χ4n) is 1.13. The topological polar surface area (TPSA) is 45.0 Å². The zero-order chi connectivity index (χ0) is 7.23. The van der Waals surface area contributed by atoms with Crippen LogP contribution in [0.2, 0.25) is 0 Å². The van der Waals surface area contributed by atoms with Crippen LogP contribution in [-0.4, -0.2) is 19.3 Å². The van der Waals surface area contributed by atoms with E-state index in [0.29, 0.717) is 6.54 Å². The van der Waals surface area contributed by atoms with Crippen LogP contribution in [0.4, 0.5) is 0 Å². The summed E-state index contributed by atoms with van der Waals surface area (Å²) in [5, 5.41) is 10.8. The third kappa shape index (κ3) is 2.24. The fourth-order valence-corrected chi connectivity index (χ4v) is 1.13. The van der Waals surface area contributed by atoms with Gasteiger partial charge in [-0.3, -0.25) is 0 Å². The Morgan fingerprint density at radius 1 is 1.60 bits per heavy atom. The smallest absolute Gasteiger partial charge is 0.176 e. The third-order valence-corrected chi connectivity index (χ3v) is 1.68. The van der Waals surface area contributed by atoms with Gasteiger partial charge in [-0.2, -0.15) is 5.26 Å². The Morgan fingerprint density at radius 2 is 2.50 bits per heavy atom. The van der Waals surface area contributed by atoms with E-state index in [-0.39, 0.29) is 6.10 Å². The van der Waals surface area contributed by atoms with Crippen LogP contribution in [0.5, 0.6) is 0 Å². The minimum atomic E-state index is 0.272. The highest BCUT2D eigenvalue weighted by molar-refractivity contribution is 4.72. The summed E-state index contributed by atoms with van der Waals surface area (Å²) in [6.07, 6.45) is 5.65. The Morgan fingerprint density at radius 3 is 3.10 bits per heavy atom. The van der Waals surface area contributed by atoms with E-state index in [2.05, 4.69) is 5.32 Å². The van der Waals surface area contributed by atoms with Gasteiger partial charge in [0.25, 0.3) is 0 Å². The highest BCUT2D eigenvalue weighted by Crippen LogP contribution is 2.11. The minimum Gasteiger partial charge on any atom is -0.376 e. The highest BCUT2D eigenvalue weighted by atomic mass is 16.5. The molecule has 0 aromatic rings. The molecule has 1 N–H and O–H groups in total. The zero-order valence-corrected chi connectivity index (χ0v) is 5.97. The molecule has 0 amide bonds. The minimum absolute atomic E-state index is 0.272. The van der Waals surface area contributed by atoms with Gasteiger partial charge >= 0.3 is 0 Å². The van der Waals surface area contributed by atoms with E-state index in [1.807, 2.05) is 6.19 Å². The van der Waals surface area contributed by atoms with Crippen LogP contribution >= 0.6 is 0 Å². The van der Waals surface area contributed by atoms with Crippen molar-refractivity contribution in [1.82, 2.24) is 5.32 Å². The van der Waals surface area contributed by atoms with E-state index in [9.17, 15) is 0 Å². The van der Waals surface area contributed by atoms with Gasteiger partial charge in [-0.15, -0.1) is 0 Å². The molecule has 1 heterocycles. The van der Waals surface area contributed by atoms with Gasteiger partial charge in [-0.25, -0.2) is 0 Å². The number of rotatable bonds is 2. The standard InChI is InChI=1S/C7H12N2O/c8-6-9-5-7-3-1-2-4-10-7/h7,9H,1-5H2/t7-/m0/s1. The van der Waals surface area contributed by atoms with Crippen LogP contribution < -0.4 is 5.32 Å². The third-order valence-electron chi connectivity index (χ3n) is 1.68. The van der Waals surface area contributed by atoms with Crippen molar-refractivity contribution in [3.05, 3.63) is 0 Å². The molecule has 1 rings (SSSR count). The van der Waals surface area contributed by atoms with E-state index in [4.69, 9.17) is 10.00 Å². The van der Waals surface area contributed by atoms with Crippen LogP contribution in [0.1, 0.15) is 19.3 Å². The van der Waals surface area contributed by atoms with E-state index < -0.39 is 0 Å². The average Bonchev–Trinajstić information content (AvgIpc) is 2.03. The Hall–Kier alpha value is -0.750. The van der Waals surface area contributed by atoms with Crippen LogP contribution in [0.25, 0.3) is 0 Å². The van der Waals surface area contributed by atoms with Crippen molar-refractivity contribution in [1.29, 1.82) is 5.26 Å². The molecule has 1 saturated heterocycles. The SMILES string of the molecule is N#CNC[C@@H]1CCCCO1. The summed E-state index contributed by atoms with van der Waals surface area (Å²) >= 11 is 0. The molecular weight excluding hydrogens is 128 g/mol. The second-order valence-electron chi connectivity index (χ2n) is 2.48. The normalized spacial score (nSPS) is 25.3. The molecule has 0 spiro atoms.